The van der Waals surface area contributed by atoms with Gasteiger partial charge in [-0.2, -0.15) is 0 Å². The van der Waals surface area contributed by atoms with Gasteiger partial charge in [0.25, 0.3) is 0 Å². The third kappa shape index (κ3) is 4.29. The largest absolute Gasteiger partial charge is 0.490 e. The fourth-order valence-electron chi connectivity index (χ4n) is 4.25. The van der Waals surface area contributed by atoms with Crippen LogP contribution in [0.2, 0.25) is 0 Å². The lowest BCUT2D eigenvalue weighted by molar-refractivity contribution is -0.140. The summed E-state index contributed by atoms with van der Waals surface area (Å²) in [7, 11) is 0. The first-order valence-corrected chi connectivity index (χ1v) is 10.7. The van der Waals surface area contributed by atoms with Gasteiger partial charge < -0.3 is 9.64 Å². The minimum atomic E-state index is 0. The normalized spacial score (nSPS) is 17.3. The van der Waals surface area contributed by atoms with Crippen molar-refractivity contribution in [3.63, 3.8) is 0 Å². The van der Waals surface area contributed by atoms with Crippen molar-refractivity contribution in [2.24, 2.45) is 5.92 Å². The van der Waals surface area contributed by atoms with Gasteiger partial charge in [-0.15, -0.1) is 12.4 Å². The summed E-state index contributed by atoms with van der Waals surface area (Å²) in [6, 6.07) is 18.6. The van der Waals surface area contributed by atoms with Gasteiger partial charge in [0.1, 0.15) is 11.9 Å². The van der Waals surface area contributed by atoms with E-state index in [2.05, 4.69) is 29.2 Å². The molecule has 3 aromatic rings. The minimum Gasteiger partial charge on any atom is -0.490 e. The summed E-state index contributed by atoms with van der Waals surface area (Å²) in [5.41, 5.74) is 3.26. The smallest absolute Gasteiger partial charge is 0.225 e. The van der Waals surface area contributed by atoms with Gasteiger partial charge in [-0.1, -0.05) is 36.8 Å². The highest BCUT2D eigenvalue weighted by Crippen LogP contribution is 2.30. The molecule has 0 unspecified atom stereocenters. The average molecular weight is 423 g/mol. The Labute approximate surface area is 183 Å². The molecule has 0 bridgehead atoms. The number of hydrogen-bond donors (Lipinski definition) is 0. The molecule has 1 aliphatic heterocycles. The second kappa shape index (κ2) is 9.05. The van der Waals surface area contributed by atoms with Crippen molar-refractivity contribution in [1.29, 1.82) is 0 Å². The summed E-state index contributed by atoms with van der Waals surface area (Å²) < 4.78 is 6.19. The molecule has 0 atom stereocenters. The Kier molecular flexibility index (Phi) is 6.24. The molecule has 2 heterocycles. The highest BCUT2D eigenvalue weighted by Gasteiger charge is 2.32. The van der Waals surface area contributed by atoms with E-state index < -0.39 is 0 Å². The molecule has 2 fully saturated rings. The topological polar surface area (TPSA) is 42.4 Å². The number of likely N-dealkylation sites (tertiary alicyclic amines) is 1. The maximum atomic E-state index is 12.4. The molecule has 4 nitrogen and oxygen atoms in total. The van der Waals surface area contributed by atoms with Crippen LogP contribution in [-0.4, -0.2) is 35.0 Å². The van der Waals surface area contributed by atoms with Gasteiger partial charge >= 0.3 is 0 Å². The number of pyridine rings is 1. The van der Waals surface area contributed by atoms with E-state index in [9.17, 15) is 4.79 Å². The fourth-order valence-corrected chi connectivity index (χ4v) is 4.25. The van der Waals surface area contributed by atoms with E-state index in [1.165, 1.54) is 6.42 Å². The lowest BCUT2D eigenvalue weighted by Gasteiger charge is -2.36. The summed E-state index contributed by atoms with van der Waals surface area (Å²) in [5.74, 6) is 1.55. The fraction of sp³-hybridized carbons (Fsp3) is 0.360. The molecule has 0 spiro atoms. The van der Waals surface area contributed by atoms with Crippen LogP contribution >= 0.6 is 12.4 Å². The summed E-state index contributed by atoms with van der Waals surface area (Å²) in [6.45, 7) is 1.64. The zero-order chi connectivity index (χ0) is 19.6. The van der Waals surface area contributed by atoms with Crippen LogP contribution in [0.15, 0.2) is 60.8 Å². The number of rotatable bonds is 4. The number of para-hydroxylation sites is 1. The maximum absolute atomic E-state index is 12.4. The number of amides is 1. The van der Waals surface area contributed by atoms with E-state index in [0.717, 1.165) is 66.6 Å². The van der Waals surface area contributed by atoms with Crippen LogP contribution in [0.1, 0.15) is 32.1 Å². The number of nitrogens with zero attached hydrogens (tertiary/aromatic N) is 2. The van der Waals surface area contributed by atoms with Crippen LogP contribution in [0.25, 0.3) is 22.0 Å². The van der Waals surface area contributed by atoms with Gasteiger partial charge in [0.2, 0.25) is 5.91 Å². The lowest BCUT2D eigenvalue weighted by Crippen LogP contribution is -2.45. The molecule has 0 radical (unpaired) electrons. The van der Waals surface area contributed by atoms with Crippen LogP contribution in [0, 0.1) is 5.92 Å². The van der Waals surface area contributed by atoms with Crippen molar-refractivity contribution in [3.05, 3.63) is 60.8 Å². The van der Waals surface area contributed by atoms with Crippen LogP contribution in [0.3, 0.4) is 0 Å². The van der Waals surface area contributed by atoms with Gasteiger partial charge in [0, 0.05) is 49.0 Å². The van der Waals surface area contributed by atoms with Gasteiger partial charge in [-0.25, -0.2) is 0 Å². The molecule has 5 rings (SSSR count). The minimum absolute atomic E-state index is 0. The number of carbonyl (C=O) groups is 1. The summed E-state index contributed by atoms with van der Waals surface area (Å²) in [5, 5.41) is 1.15. The van der Waals surface area contributed by atoms with Crippen LogP contribution in [0.5, 0.6) is 5.75 Å². The Morgan fingerprint density at radius 1 is 0.933 bits per heavy atom. The van der Waals surface area contributed by atoms with Gasteiger partial charge in [-0.3, -0.25) is 9.78 Å². The van der Waals surface area contributed by atoms with Crippen molar-refractivity contribution in [2.45, 2.75) is 38.2 Å². The Morgan fingerprint density at radius 2 is 1.67 bits per heavy atom. The summed E-state index contributed by atoms with van der Waals surface area (Å²) in [6.07, 6.45) is 7.30. The summed E-state index contributed by atoms with van der Waals surface area (Å²) >= 11 is 0. The number of benzene rings is 2. The van der Waals surface area contributed by atoms with E-state index in [1.807, 2.05) is 41.4 Å². The SMILES string of the molecule is Cl.O=C(C1CCC1)N1CCC(Oc2ccc(-c3cnc4ccccc4c3)cc2)CC1. The molecule has 30 heavy (non-hydrogen) atoms. The van der Waals surface area contributed by atoms with Crippen molar-refractivity contribution < 1.29 is 9.53 Å². The Hall–Kier alpha value is -2.59. The first-order chi connectivity index (χ1) is 14.3. The van der Waals surface area contributed by atoms with Gasteiger partial charge in [0.05, 0.1) is 5.52 Å². The Morgan fingerprint density at radius 3 is 2.37 bits per heavy atom. The molecule has 156 valence electrons. The molecule has 1 aromatic heterocycles. The van der Waals surface area contributed by atoms with E-state index in [4.69, 9.17) is 4.74 Å². The molecule has 1 saturated heterocycles. The monoisotopic (exact) mass is 422 g/mol. The number of aromatic nitrogens is 1. The zero-order valence-corrected chi connectivity index (χ0v) is 17.8. The van der Waals surface area contributed by atoms with Crippen LogP contribution in [0.4, 0.5) is 0 Å². The van der Waals surface area contributed by atoms with Crippen molar-refractivity contribution in [3.8, 4) is 16.9 Å². The molecular weight excluding hydrogens is 396 g/mol. The number of carbonyl (C=O) groups excluding carboxylic acids is 1. The predicted octanol–water partition coefficient (Wildman–Crippen LogP) is 5.49. The first-order valence-electron chi connectivity index (χ1n) is 10.7. The average Bonchev–Trinajstić information content (AvgIpc) is 2.73. The molecular formula is C25H27ClN2O2. The van der Waals surface area contributed by atoms with Crippen LogP contribution < -0.4 is 4.74 Å². The van der Waals surface area contributed by atoms with Crippen molar-refractivity contribution in [1.82, 2.24) is 9.88 Å². The van der Waals surface area contributed by atoms with Gasteiger partial charge in [0.15, 0.2) is 0 Å². The quantitative estimate of drug-likeness (QED) is 0.558. The number of halogens is 1. The number of piperidine rings is 1. The molecule has 1 saturated carbocycles. The van der Waals surface area contributed by atoms with Crippen molar-refractivity contribution in [2.75, 3.05) is 13.1 Å². The Bertz CT molecular complexity index is 1010. The predicted molar refractivity (Wildman–Crippen MR) is 122 cm³/mol. The van der Waals surface area contributed by atoms with Crippen LogP contribution in [-0.2, 0) is 4.79 Å². The Balaban J connectivity index is 0.00000218. The molecule has 0 N–H and O–H groups in total. The number of hydrogen-bond acceptors (Lipinski definition) is 3. The highest BCUT2D eigenvalue weighted by atomic mass is 35.5. The third-order valence-corrected chi connectivity index (χ3v) is 6.29. The van der Waals surface area contributed by atoms with Gasteiger partial charge in [-0.05, 0) is 42.7 Å². The third-order valence-electron chi connectivity index (χ3n) is 6.29. The van der Waals surface area contributed by atoms with E-state index in [1.54, 1.807) is 0 Å². The highest BCUT2D eigenvalue weighted by molar-refractivity contribution is 5.85. The molecule has 1 aliphatic carbocycles. The second-order valence-corrected chi connectivity index (χ2v) is 8.21. The molecule has 2 aliphatic rings. The van der Waals surface area contributed by atoms with E-state index in [-0.39, 0.29) is 18.5 Å². The zero-order valence-electron chi connectivity index (χ0n) is 17.0. The lowest BCUT2D eigenvalue weighted by atomic mass is 9.84. The number of fused-ring (bicyclic) bond motifs is 1. The standard InChI is InChI=1S/C25H26N2O2.ClH/c28-25(19-5-3-6-19)27-14-12-23(13-15-27)29-22-10-8-18(9-11-22)21-16-20-4-1-2-7-24(20)26-17-21;/h1-2,4,7-11,16-17,19,23H,3,5-6,12-15H2;1H. The maximum Gasteiger partial charge on any atom is 0.225 e. The second-order valence-electron chi connectivity index (χ2n) is 8.21. The summed E-state index contributed by atoms with van der Waals surface area (Å²) in [4.78, 5) is 19.0. The first kappa shape index (κ1) is 20.7. The van der Waals surface area contributed by atoms with E-state index in [0.29, 0.717) is 11.8 Å². The molecule has 1 amide bonds. The number of ether oxygens (including phenoxy) is 1. The molecule has 5 heteroatoms. The molecule has 2 aromatic carbocycles. The van der Waals surface area contributed by atoms with E-state index >= 15 is 0 Å². The van der Waals surface area contributed by atoms with Crippen molar-refractivity contribution >= 4 is 29.2 Å².